The molecular weight excluding hydrogens is 262 g/mol. The molecule has 0 aromatic heterocycles. The van der Waals surface area contributed by atoms with Crippen molar-refractivity contribution in [1.29, 1.82) is 0 Å². The number of aryl methyl sites for hydroxylation is 2. The van der Waals surface area contributed by atoms with Crippen LogP contribution in [0.1, 0.15) is 27.8 Å². The first-order valence-corrected chi connectivity index (χ1v) is 7.12. The molecule has 0 aliphatic carbocycles. The summed E-state index contributed by atoms with van der Waals surface area (Å²) in [6, 6.07) is 10.2. The zero-order valence-electron chi connectivity index (χ0n) is 13.2. The number of hydrogen-bond donors (Lipinski definition) is 1. The molecular formula is C18H23NO2. The van der Waals surface area contributed by atoms with Crippen LogP contribution in [-0.2, 0) is 13.2 Å². The highest BCUT2D eigenvalue weighted by atomic mass is 16.5. The van der Waals surface area contributed by atoms with E-state index in [2.05, 4.69) is 32.9 Å². The summed E-state index contributed by atoms with van der Waals surface area (Å²) in [4.78, 5) is 0. The monoisotopic (exact) mass is 285 g/mol. The van der Waals surface area contributed by atoms with Gasteiger partial charge in [-0.05, 0) is 55.2 Å². The lowest BCUT2D eigenvalue weighted by molar-refractivity contribution is 0.292. The van der Waals surface area contributed by atoms with Gasteiger partial charge in [0, 0.05) is 12.1 Å². The van der Waals surface area contributed by atoms with Crippen molar-refractivity contribution in [2.45, 2.75) is 33.9 Å². The molecule has 112 valence electrons. The number of hydrogen-bond acceptors (Lipinski definition) is 3. The van der Waals surface area contributed by atoms with Crippen LogP contribution in [0.4, 0.5) is 0 Å². The van der Waals surface area contributed by atoms with E-state index in [1.807, 2.05) is 18.2 Å². The minimum absolute atomic E-state index is 0.474. The zero-order valence-corrected chi connectivity index (χ0v) is 13.2. The molecule has 0 unspecified atom stereocenters. The smallest absolute Gasteiger partial charge is 0.125 e. The quantitative estimate of drug-likeness (QED) is 0.912. The lowest BCUT2D eigenvalue weighted by Gasteiger charge is -2.16. The van der Waals surface area contributed by atoms with E-state index in [9.17, 15) is 0 Å². The van der Waals surface area contributed by atoms with Gasteiger partial charge in [0.2, 0.25) is 0 Å². The summed E-state index contributed by atoms with van der Waals surface area (Å²) in [5.41, 5.74) is 11.4. The molecule has 2 rings (SSSR count). The van der Waals surface area contributed by atoms with Crippen molar-refractivity contribution in [1.82, 2.24) is 0 Å². The van der Waals surface area contributed by atoms with Crippen molar-refractivity contribution in [3.8, 4) is 11.5 Å². The van der Waals surface area contributed by atoms with Gasteiger partial charge in [0.05, 0.1) is 7.11 Å². The molecule has 0 atom stereocenters. The van der Waals surface area contributed by atoms with Crippen molar-refractivity contribution in [2.75, 3.05) is 7.11 Å². The van der Waals surface area contributed by atoms with E-state index in [4.69, 9.17) is 15.2 Å². The summed E-state index contributed by atoms with van der Waals surface area (Å²) in [5, 5.41) is 0. The molecule has 3 heteroatoms. The Hall–Kier alpha value is -2.00. The average Bonchev–Trinajstić information content (AvgIpc) is 2.50. The standard InChI is InChI=1S/C18H23NO2/c1-12-5-6-13(2)18(14(12)3)21-11-16-9-15(10-19)7-8-17(16)20-4/h5-9H,10-11,19H2,1-4H3. The molecule has 0 saturated carbocycles. The maximum Gasteiger partial charge on any atom is 0.125 e. The van der Waals surface area contributed by atoms with Crippen LogP contribution in [0.2, 0.25) is 0 Å². The fourth-order valence-electron chi connectivity index (χ4n) is 2.37. The molecule has 0 saturated heterocycles. The highest BCUT2D eigenvalue weighted by Crippen LogP contribution is 2.28. The summed E-state index contributed by atoms with van der Waals surface area (Å²) in [6.07, 6.45) is 0. The molecule has 3 nitrogen and oxygen atoms in total. The number of rotatable bonds is 5. The summed E-state index contributed by atoms with van der Waals surface area (Å²) < 4.78 is 11.5. The number of ether oxygens (including phenoxy) is 2. The van der Waals surface area contributed by atoms with E-state index in [-0.39, 0.29) is 0 Å². The summed E-state index contributed by atoms with van der Waals surface area (Å²) in [6.45, 7) is 7.24. The number of nitrogens with two attached hydrogens (primary N) is 1. The van der Waals surface area contributed by atoms with Crippen molar-refractivity contribution in [2.24, 2.45) is 5.73 Å². The summed E-state index contributed by atoms with van der Waals surface area (Å²) in [7, 11) is 1.67. The fraction of sp³-hybridized carbons (Fsp3) is 0.333. The average molecular weight is 285 g/mol. The van der Waals surface area contributed by atoms with E-state index in [0.717, 1.165) is 28.2 Å². The van der Waals surface area contributed by atoms with Gasteiger partial charge in [0.25, 0.3) is 0 Å². The normalized spacial score (nSPS) is 10.5. The van der Waals surface area contributed by atoms with E-state index < -0.39 is 0 Å². The van der Waals surface area contributed by atoms with E-state index in [1.165, 1.54) is 11.1 Å². The fourth-order valence-corrected chi connectivity index (χ4v) is 2.37. The molecule has 0 bridgehead atoms. The Morgan fingerprint density at radius 2 is 1.71 bits per heavy atom. The minimum atomic E-state index is 0.474. The Morgan fingerprint density at radius 3 is 2.38 bits per heavy atom. The third kappa shape index (κ3) is 3.37. The number of methoxy groups -OCH3 is 1. The van der Waals surface area contributed by atoms with Gasteiger partial charge >= 0.3 is 0 Å². The van der Waals surface area contributed by atoms with Crippen molar-refractivity contribution in [3.63, 3.8) is 0 Å². The third-order valence-corrected chi connectivity index (χ3v) is 3.83. The summed E-state index contributed by atoms with van der Waals surface area (Å²) >= 11 is 0. The Bertz CT molecular complexity index is 635. The molecule has 0 aliphatic heterocycles. The molecule has 0 heterocycles. The second-order valence-electron chi connectivity index (χ2n) is 5.29. The maximum absolute atomic E-state index is 6.06. The molecule has 0 radical (unpaired) electrons. The maximum atomic E-state index is 6.06. The Balaban J connectivity index is 2.26. The van der Waals surface area contributed by atoms with Crippen LogP contribution >= 0.6 is 0 Å². The Kier molecular flexibility index (Phi) is 4.86. The zero-order chi connectivity index (χ0) is 15.4. The van der Waals surface area contributed by atoms with Crippen LogP contribution in [0.5, 0.6) is 11.5 Å². The van der Waals surface area contributed by atoms with Crippen LogP contribution in [0.15, 0.2) is 30.3 Å². The topological polar surface area (TPSA) is 44.5 Å². The summed E-state index contributed by atoms with van der Waals surface area (Å²) in [5.74, 6) is 1.78. The second kappa shape index (κ2) is 6.64. The molecule has 2 aromatic carbocycles. The lowest BCUT2D eigenvalue weighted by Crippen LogP contribution is -2.04. The van der Waals surface area contributed by atoms with Gasteiger partial charge in [-0.25, -0.2) is 0 Å². The predicted molar refractivity (Wildman–Crippen MR) is 85.9 cm³/mol. The predicted octanol–water partition coefficient (Wildman–Crippen LogP) is 3.66. The first kappa shape index (κ1) is 15.4. The van der Waals surface area contributed by atoms with Gasteiger partial charge in [-0.3, -0.25) is 0 Å². The largest absolute Gasteiger partial charge is 0.496 e. The van der Waals surface area contributed by atoms with Crippen LogP contribution in [0.3, 0.4) is 0 Å². The van der Waals surface area contributed by atoms with Crippen molar-refractivity contribution < 1.29 is 9.47 Å². The van der Waals surface area contributed by atoms with E-state index >= 15 is 0 Å². The van der Waals surface area contributed by atoms with Crippen LogP contribution in [0, 0.1) is 20.8 Å². The van der Waals surface area contributed by atoms with Crippen molar-refractivity contribution in [3.05, 3.63) is 58.1 Å². The second-order valence-corrected chi connectivity index (χ2v) is 5.29. The van der Waals surface area contributed by atoms with Gasteiger partial charge in [0.15, 0.2) is 0 Å². The number of benzene rings is 2. The molecule has 2 N–H and O–H groups in total. The van der Waals surface area contributed by atoms with Gasteiger partial charge in [-0.2, -0.15) is 0 Å². The van der Waals surface area contributed by atoms with Gasteiger partial charge < -0.3 is 15.2 Å². The molecule has 21 heavy (non-hydrogen) atoms. The van der Waals surface area contributed by atoms with Crippen molar-refractivity contribution >= 4 is 0 Å². The Morgan fingerprint density at radius 1 is 1.00 bits per heavy atom. The SMILES string of the molecule is COc1ccc(CN)cc1COc1c(C)ccc(C)c1C. The van der Waals surface area contributed by atoms with Crippen LogP contribution in [-0.4, -0.2) is 7.11 Å². The van der Waals surface area contributed by atoms with Crippen LogP contribution in [0.25, 0.3) is 0 Å². The first-order chi connectivity index (χ1) is 10.1. The highest BCUT2D eigenvalue weighted by Gasteiger charge is 2.09. The van der Waals surface area contributed by atoms with E-state index in [0.29, 0.717) is 13.2 Å². The lowest BCUT2D eigenvalue weighted by atomic mass is 10.1. The van der Waals surface area contributed by atoms with E-state index in [1.54, 1.807) is 7.11 Å². The minimum Gasteiger partial charge on any atom is -0.496 e. The van der Waals surface area contributed by atoms with Gasteiger partial charge in [-0.15, -0.1) is 0 Å². The first-order valence-electron chi connectivity index (χ1n) is 7.12. The van der Waals surface area contributed by atoms with Gasteiger partial charge in [-0.1, -0.05) is 18.2 Å². The molecule has 0 fully saturated rings. The third-order valence-electron chi connectivity index (χ3n) is 3.83. The molecule has 0 spiro atoms. The highest BCUT2D eigenvalue weighted by molar-refractivity contribution is 5.45. The molecule has 0 amide bonds. The molecule has 0 aliphatic rings. The Labute approximate surface area is 126 Å². The molecule has 2 aromatic rings. The van der Waals surface area contributed by atoms with Crippen LogP contribution < -0.4 is 15.2 Å². The van der Waals surface area contributed by atoms with Gasteiger partial charge in [0.1, 0.15) is 18.1 Å².